The van der Waals surface area contributed by atoms with Crippen LogP contribution in [0.15, 0.2) is 42.5 Å². The fourth-order valence-corrected chi connectivity index (χ4v) is 2.92. The predicted octanol–water partition coefficient (Wildman–Crippen LogP) is 3.64. The van der Waals surface area contributed by atoms with Crippen LogP contribution in [0.25, 0.3) is 11.1 Å². The Hall–Kier alpha value is -2.90. The van der Waals surface area contributed by atoms with Gasteiger partial charge in [-0.15, -0.1) is 0 Å². The predicted molar refractivity (Wildman–Crippen MR) is 129 cm³/mol. The van der Waals surface area contributed by atoms with E-state index >= 15 is 0 Å². The minimum Gasteiger partial charge on any atom is -0.490 e. The van der Waals surface area contributed by atoms with Crippen LogP contribution in [0.3, 0.4) is 0 Å². The fraction of sp³-hybridized carbons (Fsp3) is 0.440. The maximum atomic E-state index is 11.6. The van der Waals surface area contributed by atoms with E-state index in [0.717, 1.165) is 25.2 Å². The molecule has 0 saturated heterocycles. The second-order valence-corrected chi connectivity index (χ2v) is 6.69. The maximum Gasteiger partial charge on any atom is 0.309 e. The van der Waals surface area contributed by atoms with Crippen molar-refractivity contribution in [1.82, 2.24) is 0 Å². The number of carbonyl (C=O) groups is 2. The van der Waals surface area contributed by atoms with Gasteiger partial charge in [0.2, 0.25) is 6.41 Å². The first kappa shape index (κ1) is 29.1. The Morgan fingerprint density at radius 3 is 2.19 bits per heavy atom. The van der Waals surface area contributed by atoms with E-state index < -0.39 is 0 Å². The second kappa shape index (κ2) is 17.7. The van der Waals surface area contributed by atoms with Crippen LogP contribution in [-0.2, 0) is 25.5 Å². The van der Waals surface area contributed by atoms with Gasteiger partial charge in [0.05, 0.1) is 13.0 Å². The Kier molecular flexibility index (Phi) is 16.1. The van der Waals surface area contributed by atoms with Gasteiger partial charge in [-0.3, -0.25) is 9.59 Å². The van der Waals surface area contributed by atoms with Crippen LogP contribution < -0.4 is 16.2 Å². The summed E-state index contributed by atoms with van der Waals surface area (Å²) in [5, 5.41) is 0. The third-order valence-corrected chi connectivity index (χ3v) is 4.46. The number of nitrogens with two attached hydrogens (primary N) is 2. The lowest BCUT2D eigenvalue weighted by molar-refractivity contribution is -0.145. The lowest BCUT2D eigenvalue weighted by atomic mass is 9.96. The molecule has 1 aliphatic rings. The van der Waals surface area contributed by atoms with E-state index in [-0.39, 0.29) is 18.5 Å². The molecule has 1 aliphatic heterocycles. The summed E-state index contributed by atoms with van der Waals surface area (Å²) in [6.45, 7) is 7.11. The average molecular weight is 447 g/mol. The van der Waals surface area contributed by atoms with Crippen LogP contribution in [0.1, 0.15) is 37.8 Å². The number of carbonyl (C=O) groups excluding carboxylic acids is 2. The van der Waals surface area contributed by atoms with Crippen LogP contribution >= 0.6 is 0 Å². The van der Waals surface area contributed by atoms with Crippen LogP contribution in [0.4, 0.5) is 0 Å². The summed E-state index contributed by atoms with van der Waals surface area (Å²) in [5.41, 5.74) is 13.6. The summed E-state index contributed by atoms with van der Waals surface area (Å²) >= 11 is 0. The molecular formula is C25H38N2O5. The van der Waals surface area contributed by atoms with E-state index in [1.54, 1.807) is 7.11 Å². The molecule has 1 heterocycles. The SMILES string of the molecule is CCOC.CCOC(=O)CC1CCc2cc(-c3ccc(C)cc3)ccc2O1.CN.NC=O. The number of esters is 1. The molecule has 0 aromatic heterocycles. The van der Waals surface area contributed by atoms with Gasteiger partial charge in [0.15, 0.2) is 0 Å². The lowest BCUT2D eigenvalue weighted by Gasteiger charge is -2.26. The van der Waals surface area contributed by atoms with Crippen molar-refractivity contribution in [2.24, 2.45) is 11.5 Å². The zero-order valence-electron chi connectivity index (χ0n) is 19.9. The molecule has 0 saturated carbocycles. The molecule has 0 fully saturated rings. The Morgan fingerprint density at radius 2 is 1.66 bits per heavy atom. The molecule has 2 aromatic rings. The summed E-state index contributed by atoms with van der Waals surface area (Å²) in [4.78, 5) is 20.2. The van der Waals surface area contributed by atoms with Crippen molar-refractivity contribution < 1.29 is 23.8 Å². The van der Waals surface area contributed by atoms with E-state index in [4.69, 9.17) is 14.3 Å². The number of primary amides is 1. The number of fused-ring (bicyclic) bond motifs is 1. The molecule has 4 N–H and O–H groups in total. The van der Waals surface area contributed by atoms with Crippen molar-refractivity contribution >= 4 is 12.4 Å². The van der Waals surface area contributed by atoms with Crippen molar-refractivity contribution in [3.8, 4) is 16.9 Å². The van der Waals surface area contributed by atoms with Gasteiger partial charge in [-0.25, -0.2) is 0 Å². The number of benzene rings is 2. The Labute approximate surface area is 192 Å². The highest BCUT2D eigenvalue weighted by atomic mass is 16.5. The second-order valence-electron chi connectivity index (χ2n) is 6.69. The van der Waals surface area contributed by atoms with Gasteiger partial charge in [-0.2, -0.15) is 0 Å². The smallest absolute Gasteiger partial charge is 0.309 e. The van der Waals surface area contributed by atoms with Gasteiger partial charge >= 0.3 is 5.97 Å². The topological polar surface area (TPSA) is 114 Å². The number of methoxy groups -OCH3 is 1. The number of hydrogen-bond acceptors (Lipinski definition) is 6. The van der Waals surface area contributed by atoms with Crippen LogP contribution in [0, 0.1) is 6.92 Å². The molecule has 1 amide bonds. The van der Waals surface area contributed by atoms with E-state index in [0.29, 0.717) is 13.0 Å². The molecule has 7 nitrogen and oxygen atoms in total. The first-order valence-corrected chi connectivity index (χ1v) is 10.7. The molecular weight excluding hydrogens is 408 g/mol. The zero-order chi connectivity index (χ0) is 24.4. The van der Waals surface area contributed by atoms with Crippen molar-refractivity contribution in [3.63, 3.8) is 0 Å². The van der Waals surface area contributed by atoms with Gasteiger partial charge in [-0.05, 0) is 69.5 Å². The molecule has 3 rings (SSSR count). The molecule has 7 heteroatoms. The summed E-state index contributed by atoms with van der Waals surface area (Å²) in [6, 6.07) is 14.8. The standard InChI is InChI=1S/C20H22O3.C3H8O.CH3NO.CH5N/c1-3-22-20(21)13-18-10-8-17-12-16(9-11-19(17)23-18)15-6-4-14(2)5-7-15;1-3-4-2;2-1-3;1-2/h4-7,9,11-12,18H,3,8,10,13H2,1-2H3;3H2,1-2H3;1H,(H2,2,3);2H2,1H3. The fourth-order valence-electron chi connectivity index (χ4n) is 2.92. The quantitative estimate of drug-likeness (QED) is 0.535. The van der Waals surface area contributed by atoms with Crippen molar-refractivity contribution in [2.45, 2.75) is 46.1 Å². The third-order valence-electron chi connectivity index (χ3n) is 4.46. The van der Waals surface area contributed by atoms with Gasteiger partial charge in [0.1, 0.15) is 11.9 Å². The van der Waals surface area contributed by atoms with Crippen LogP contribution in [0.2, 0.25) is 0 Å². The molecule has 0 radical (unpaired) electrons. The van der Waals surface area contributed by atoms with Crippen LogP contribution in [-0.4, -0.2) is 45.9 Å². The molecule has 2 aromatic carbocycles. The Balaban J connectivity index is 0.000000926. The first-order chi connectivity index (χ1) is 15.5. The van der Waals surface area contributed by atoms with Gasteiger partial charge in [0, 0.05) is 13.7 Å². The van der Waals surface area contributed by atoms with Gasteiger partial charge in [-0.1, -0.05) is 35.9 Å². The third kappa shape index (κ3) is 10.9. The number of aryl methyl sites for hydroxylation is 2. The Morgan fingerprint density at radius 1 is 1.09 bits per heavy atom. The number of ether oxygens (including phenoxy) is 3. The molecule has 1 unspecified atom stereocenters. The van der Waals surface area contributed by atoms with E-state index in [1.165, 1.54) is 29.3 Å². The minimum atomic E-state index is -0.183. The monoisotopic (exact) mass is 446 g/mol. The van der Waals surface area contributed by atoms with E-state index in [1.807, 2.05) is 19.9 Å². The molecule has 0 bridgehead atoms. The number of hydrogen-bond donors (Lipinski definition) is 2. The molecule has 178 valence electrons. The van der Waals surface area contributed by atoms with E-state index in [2.05, 4.69) is 59.5 Å². The van der Waals surface area contributed by atoms with Crippen molar-refractivity contribution in [2.75, 3.05) is 27.4 Å². The highest BCUT2D eigenvalue weighted by Gasteiger charge is 2.23. The lowest BCUT2D eigenvalue weighted by Crippen LogP contribution is -2.26. The first-order valence-electron chi connectivity index (χ1n) is 10.7. The maximum absolute atomic E-state index is 11.6. The molecule has 1 atom stereocenters. The van der Waals surface area contributed by atoms with Gasteiger partial charge in [0.25, 0.3) is 0 Å². The highest BCUT2D eigenvalue weighted by Crippen LogP contribution is 2.32. The Bertz CT molecular complexity index is 776. The molecule has 0 spiro atoms. The van der Waals surface area contributed by atoms with Crippen molar-refractivity contribution in [3.05, 3.63) is 53.6 Å². The summed E-state index contributed by atoms with van der Waals surface area (Å²) in [5.74, 6) is 0.707. The normalized spacial score (nSPS) is 13.2. The summed E-state index contributed by atoms with van der Waals surface area (Å²) in [7, 11) is 3.18. The minimum absolute atomic E-state index is 0.0771. The summed E-state index contributed by atoms with van der Waals surface area (Å²) < 4.78 is 15.5. The van der Waals surface area contributed by atoms with Gasteiger partial charge < -0.3 is 25.7 Å². The van der Waals surface area contributed by atoms with E-state index in [9.17, 15) is 4.79 Å². The van der Waals surface area contributed by atoms with Crippen LogP contribution in [0.5, 0.6) is 5.75 Å². The molecule has 0 aliphatic carbocycles. The zero-order valence-corrected chi connectivity index (χ0v) is 19.9. The highest BCUT2D eigenvalue weighted by molar-refractivity contribution is 5.70. The summed E-state index contributed by atoms with van der Waals surface area (Å²) in [6.07, 6.45) is 2.28. The average Bonchev–Trinajstić information content (AvgIpc) is 2.81. The number of rotatable bonds is 5. The number of amides is 1. The largest absolute Gasteiger partial charge is 0.490 e. The van der Waals surface area contributed by atoms with Crippen molar-refractivity contribution in [1.29, 1.82) is 0 Å². The molecule has 32 heavy (non-hydrogen) atoms.